The van der Waals surface area contributed by atoms with Crippen molar-refractivity contribution in [3.05, 3.63) is 96.2 Å². The number of fused-ring (bicyclic) bond motifs is 3. The first-order valence-electron chi connectivity index (χ1n) is 12.7. The zero-order valence-corrected chi connectivity index (χ0v) is 22.1. The zero-order valence-electron chi connectivity index (χ0n) is 21.3. The van der Waals surface area contributed by atoms with Gasteiger partial charge in [-0.15, -0.1) is 0 Å². The number of aromatic nitrogens is 3. The maximum Gasteiger partial charge on any atom is 0.353 e. The number of nitrogens with one attached hydrogen (secondary N) is 2. The van der Waals surface area contributed by atoms with E-state index in [1.807, 2.05) is 48.5 Å². The van der Waals surface area contributed by atoms with Crippen LogP contribution in [0.25, 0.3) is 33.1 Å². The molecule has 0 aliphatic carbocycles. The van der Waals surface area contributed by atoms with Crippen LogP contribution in [0.1, 0.15) is 16.1 Å². The van der Waals surface area contributed by atoms with E-state index in [0.717, 1.165) is 28.3 Å². The molecule has 10 nitrogen and oxygen atoms in total. The number of nitrogens with zero attached hydrogens (tertiary/aromatic N) is 3. The summed E-state index contributed by atoms with van der Waals surface area (Å²) >= 11 is 1.13. The second-order valence-electron chi connectivity index (χ2n) is 9.45. The summed E-state index contributed by atoms with van der Waals surface area (Å²) in [5, 5.41) is 16.8. The highest BCUT2D eigenvalue weighted by Crippen LogP contribution is 2.42. The summed E-state index contributed by atoms with van der Waals surface area (Å²) in [5.74, 6) is 0.0545. The van der Waals surface area contributed by atoms with Gasteiger partial charge in [0.25, 0.3) is 0 Å². The smallest absolute Gasteiger partial charge is 0.353 e. The highest BCUT2D eigenvalue weighted by molar-refractivity contribution is 7.00. The van der Waals surface area contributed by atoms with Crippen LogP contribution in [0.3, 0.4) is 0 Å². The molecule has 1 aliphatic rings. The molecule has 11 heteroatoms. The summed E-state index contributed by atoms with van der Waals surface area (Å²) in [6, 6.07) is 25.1. The van der Waals surface area contributed by atoms with Crippen LogP contribution in [0.15, 0.2) is 84.9 Å². The number of carboxylic acids is 1. The zero-order chi connectivity index (χ0) is 27.9. The second kappa shape index (κ2) is 9.96. The summed E-state index contributed by atoms with van der Waals surface area (Å²) in [6.45, 7) is 0.391. The van der Waals surface area contributed by atoms with Crippen molar-refractivity contribution < 1.29 is 24.2 Å². The fourth-order valence-corrected chi connectivity index (χ4v) is 5.60. The van der Waals surface area contributed by atoms with E-state index < -0.39 is 12.0 Å². The highest BCUT2D eigenvalue weighted by atomic mass is 32.1. The molecular formula is C30H21N5O5S. The first kappa shape index (κ1) is 24.6. The summed E-state index contributed by atoms with van der Waals surface area (Å²) in [7, 11) is 0. The Hall–Kier alpha value is -5.42. The number of amides is 2. The Morgan fingerprint density at radius 3 is 2.51 bits per heavy atom. The number of carbonyl (C=O) groups is 2. The molecule has 0 spiro atoms. The minimum absolute atomic E-state index is 0.102. The lowest BCUT2D eigenvalue weighted by molar-refractivity contribution is 0.0687. The van der Waals surface area contributed by atoms with Crippen LogP contribution >= 0.6 is 11.7 Å². The van der Waals surface area contributed by atoms with Gasteiger partial charge < -0.3 is 29.8 Å². The molecule has 0 saturated heterocycles. The van der Waals surface area contributed by atoms with Gasteiger partial charge in [-0.1, -0.05) is 30.3 Å². The standard InChI is InChI=1S/C30H21N5O5S/c36-29(37)28-27(18-7-11-25-26(13-18)40-16-39-25)21-14-20(32-30(38)31-19-4-2-1-3-5-19)8-10-24(21)35(28)15-17-6-9-22-23(12-17)34-41-33-22/h1-14H,15-16H2,(H,36,37)(H2,31,32,38). The monoisotopic (exact) mass is 563 g/mol. The van der Waals surface area contributed by atoms with Crippen molar-refractivity contribution in [2.45, 2.75) is 6.54 Å². The predicted molar refractivity (Wildman–Crippen MR) is 156 cm³/mol. The fourth-order valence-electron chi connectivity index (χ4n) is 5.09. The van der Waals surface area contributed by atoms with Crippen LogP contribution in [0.4, 0.5) is 16.2 Å². The van der Waals surface area contributed by atoms with Gasteiger partial charge in [-0.2, -0.15) is 8.75 Å². The Bertz CT molecular complexity index is 1970. The summed E-state index contributed by atoms with van der Waals surface area (Å²) in [4.78, 5) is 25.6. The van der Waals surface area contributed by atoms with Crippen LogP contribution in [0, 0.1) is 0 Å². The average Bonchev–Trinajstić information content (AvgIpc) is 3.70. The van der Waals surface area contributed by atoms with Gasteiger partial charge in [0.15, 0.2) is 11.5 Å². The number of ether oxygens (including phenoxy) is 2. The fraction of sp³-hybridized carbons (Fsp3) is 0.0667. The molecule has 0 unspecified atom stereocenters. The van der Waals surface area contributed by atoms with Gasteiger partial charge >= 0.3 is 12.0 Å². The Morgan fingerprint density at radius 1 is 0.854 bits per heavy atom. The first-order chi connectivity index (χ1) is 20.0. The van der Waals surface area contributed by atoms with Crippen molar-refractivity contribution in [1.82, 2.24) is 13.3 Å². The summed E-state index contributed by atoms with van der Waals surface area (Å²) < 4.78 is 21.4. The Balaban J connectivity index is 1.36. The maximum atomic E-state index is 12.9. The number of para-hydroxylation sites is 1. The van der Waals surface area contributed by atoms with Crippen molar-refractivity contribution >= 4 is 57.0 Å². The average molecular weight is 564 g/mol. The van der Waals surface area contributed by atoms with Gasteiger partial charge in [-0.25, -0.2) is 9.59 Å². The molecule has 0 fully saturated rings. The lowest BCUT2D eigenvalue weighted by Crippen LogP contribution is -2.19. The molecule has 2 aromatic heterocycles. The molecular weight excluding hydrogens is 542 g/mol. The van der Waals surface area contributed by atoms with E-state index in [9.17, 15) is 14.7 Å². The van der Waals surface area contributed by atoms with Crippen LogP contribution in [-0.4, -0.2) is 37.2 Å². The van der Waals surface area contributed by atoms with Gasteiger partial charge in [0.1, 0.15) is 16.7 Å². The van der Waals surface area contributed by atoms with Crippen molar-refractivity contribution in [2.75, 3.05) is 17.4 Å². The second-order valence-corrected chi connectivity index (χ2v) is 9.98. The minimum Gasteiger partial charge on any atom is -0.477 e. The third kappa shape index (κ3) is 4.57. The number of rotatable bonds is 6. The van der Waals surface area contributed by atoms with E-state index in [2.05, 4.69) is 19.4 Å². The first-order valence-corrected chi connectivity index (χ1v) is 13.4. The molecule has 1 aliphatic heterocycles. The van der Waals surface area contributed by atoms with Crippen molar-refractivity contribution in [3.63, 3.8) is 0 Å². The lowest BCUT2D eigenvalue weighted by atomic mass is 10.0. The number of carboxylic acid groups (broad SMARTS) is 1. The molecule has 7 rings (SSSR count). The van der Waals surface area contributed by atoms with Crippen LogP contribution < -0.4 is 20.1 Å². The minimum atomic E-state index is -1.08. The molecule has 0 saturated carbocycles. The molecule has 3 N–H and O–H groups in total. The van der Waals surface area contributed by atoms with Crippen LogP contribution in [-0.2, 0) is 6.54 Å². The highest BCUT2D eigenvalue weighted by Gasteiger charge is 2.26. The molecule has 41 heavy (non-hydrogen) atoms. The molecule has 0 atom stereocenters. The van der Waals surface area contributed by atoms with E-state index in [-0.39, 0.29) is 19.0 Å². The molecule has 0 bridgehead atoms. The van der Waals surface area contributed by atoms with Gasteiger partial charge in [0, 0.05) is 34.4 Å². The largest absolute Gasteiger partial charge is 0.477 e. The molecule has 2 amide bonds. The molecule has 0 radical (unpaired) electrons. The lowest BCUT2D eigenvalue weighted by Gasteiger charge is -2.10. The number of anilines is 2. The number of hydrogen-bond donors (Lipinski definition) is 3. The topological polar surface area (TPSA) is 128 Å². The quantitative estimate of drug-likeness (QED) is 0.213. The number of hydrogen-bond acceptors (Lipinski definition) is 7. The number of carbonyl (C=O) groups excluding carboxylic acids is 1. The van der Waals surface area contributed by atoms with Gasteiger partial charge in [0.05, 0.1) is 11.7 Å². The van der Waals surface area contributed by atoms with Crippen molar-refractivity contribution in [1.29, 1.82) is 0 Å². The van der Waals surface area contributed by atoms with Crippen molar-refractivity contribution in [2.24, 2.45) is 0 Å². The molecule has 4 aromatic carbocycles. The van der Waals surface area contributed by atoms with Gasteiger partial charge in [-0.05, 0) is 65.7 Å². The SMILES string of the molecule is O=C(Nc1ccccc1)Nc1ccc2c(c1)c(-c1ccc3c(c1)OCO3)c(C(=O)O)n2Cc1ccc2nsnc2c1. The summed E-state index contributed by atoms with van der Waals surface area (Å²) in [5.41, 5.74) is 5.56. The van der Waals surface area contributed by atoms with E-state index in [1.54, 1.807) is 41.0 Å². The van der Waals surface area contributed by atoms with Crippen LogP contribution in [0.2, 0.25) is 0 Å². The Labute approximate surface area is 237 Å². The Kier molecular flexibility index (Phi) is 5.98. The molecule has 202 valence electrons. The number of benzene rings is 4. The van der Waals surface area contributed by atoms with E-state index in [4.69, 9.17) is 9.47 Å². The number of urea groups is 1. The Morgan fingerprint density at radius 2 is 1.66 bits per heavy atom. The maximum absolute atomic E-state index is 12.9. The van der Waals surface area contributed by atoms with E-state index in [0.29, 0.717) is 44.9 Å². The third-order valence-electron chi connectivity index (χ3n) is 6.88. The van der Waals surface area contributed by atoms with Crippen LogP contribution in [0.5, 0.6) is 11.5 Å². The van der Waals surface area contributed by atoms with Gasteiger partial charge in [0.2, 0.25) is 6.79 Å². The third-order valence-corrected chi connectivity index (χ3v) is 7.43. The van der Waals surface area contributed by atoms with E-state index in [1.165, 1.54) is 0 Å². The normalized spacial score (nSPS) is 12.1. The number of aromatic carboxylic acids is 1. The van der Waals surface area contributed by atoms with Crippen molar-refractivity contribution in [3.8, 4) is 22.6 Å². The molecule has 6 aromatic rings. The van der Waals surface area contributed by atoms with Gasteiger partial charge in [-0.3, -0.25) is 0 Å². The van der Waals surface area contributed by atoms with E-state index >= 15 is 0 Å². The summed E-state index contributed by atoms with van der Waals surface area (Å²) in [6.07, 6.45) is 0. The predicted octanol–water partition coefficient (Wildman–Crippen LogP) is 6.43. The molecule has 3 heterocycles.